The van der Waals surface area contributed by atoms with E-state index in [0.29, 0.717) is 18.8 Å². The van der Waals surface area contributed by atoms with Gasteiger partial charge in [-0.05, 0) is 33.3 Å². The number of anilines is 1. The zero-order valence-electron chi connectivity index (χ0n) is 14.1. The smallest absolute Gasteiger partial charge is 0.340 e. The summed E-state index contributed by atoms with van der Waals surface area (Å²) in [6, 6.07) is 0.181. The quantitative estimate of drug-likeness (QED) is 0.758. The maximum Gasteiger partial charge on any atom is 0.340 e. The molecule has 2 heterocycles. The van der Waals surface area contributed by atoms with E-state index in [9.17, 15) is 4.79 Å². The lowest BCUT2D eigenvalue weighted by atomic mass is 10.1. The van der Waals surface area contributed by atoms with Gasteiger partial charge in [-0.3, -0.25) is 0 Å². The van der Waals surface area contributed by atoms with Crippen LogP contribution in [0.3, 0.4) is 0 Å². The molecular weight excluding hydrogens is 314 g/mol. The van der Waals surface area contributed by atoms with Gasteiger partial charge in [0.25, 0.3) is 0 Å². The molecule has 2 N–H and O–H groups in total. The summed E-state index contributed by atoms with van der Waals surface area (Å²) < 4.78 is 10.2. The number of methoxy groups -OCH3 is 1. The van der Waals surface area contributed by atoms with Crippen molar-refractivity contribution in [1.29, 1.82) is 0 Å². The third-order valence-electron chi connectivity index (χ3n) is 3.46. The molecule has 0 aliphatic rings. The number of nitrogens with one attached hydrogen (secondary N) is 2. The second-order valence-electron chi connectivity index (χ2n) is 5.38. The molecule has 1 atom stereocenters. The number of aromatic nitrogens is 2. The van der Waals surface area contributed by atoms with E-state index in [-0.39, 0.29) is 12.0 Å². The Balaban J connectivity index is 2.24. The highest BCUT2D eigenvalue weighted by atomic mass is 32.1. The average molecular weight is 337 g/mol. The molecule has 7 heteroatoms. The van der Waals surface area contributed by atoms with Crippen molar-refractivity contribution in [2.75, 3.05) is 25.6 Å². The van der Waals surface area contributed by atoms with Crippen molar-refractivity contribution in [2.24, 2.45) is 0 Å². The zero-order chi connectivity index (χ0) is 17.0. The predicted octanol–water partition coefficient (Wildman–Crippen LogP) is 3.38. The summed E-state index contributed by atoms with van der Waals surface area (Å²) >= 11 is 1.53. The Morgan fingerprint density at radius 1 is 1.48 bits per heavy atom. The molecule has 0 saturated heterocycles. The predicted molar refractivity (Wildman–Crippen MR) is 92.3 cm³/mol. The molecular formula is C16H23N3O3S. The van der Waals surface area contributed by atoms with Gasteiger partial charge in [0, 0.05) is 24.2 Å². The van der Waals surface area contributed by atoms with Gasteiger partial charge in [-0.1, -0.05) is 0 Å². The van der Waals surface area contributed by atoms with Crippen LogP contribution in [0.1, 0.15) is 35.5 Å². The van der Waals surface area contributed by atoms with Crippen molar-refractivity contribution in [3.05, 3.63) is 22.2 Å². The highest BCUT2D eigenvalue weighted by Gasteiger charge is 2.21. The van der Waals surface area contributed by atoms with E-state index in [1.807, 2.05) is 26.2 Å². The number of rotatable bonds is 7. The average Bonchev–Trinajstić information content (AvgIpc) is 3.04. The summed E-state index contributed by atoms with van der Waals surface area (Å²) in [5, 5.41) is 6.09. The SMILES string of the molecule is CCOC(=O)c1c(C)[nH]c(-c2csc(N[C@@H](C)COC)n2)c1C. The number of H-pyrrole nitrogens is 1. The largest absolute Gasteiger partial charge is 0.462 e. The second-order valence-corrected chi connectivity index (χ2v) is 6.24. The molecule has 0 radical (unpaired) electrons. The molecule has 2 rings (SSSR count). The zero-order valence-corrected chi connectivity index (χ0v) is 15.0. The van der Waals surface area contributed by atoms with Crippen LogP contribution in [0.25, 0.3) is 11.4 Å². The Morgan fingerprint density at radius 3 is 2.87 bits per heavy atom. The Hall–Kier alpha value is -1.86. The Bertz CT molecular complexity index is 678. The summed E-state index contributed by atoms with van der Waals surface area (Å²) in [4.78, 5) is 19.9. The second kappa shape index (κ2) is 7.61. The van der Waals surface area contributed by atoms with E-state index < -0.39 is 0 Å². The van der Waals surface area contributed by atoms with Gasteiger partial charge in [-0.25, -0.2) is 9.78 Å². The van der Waals surface area contributed by atoms with Crippen LogP contribution in [-0.4, -0.2) is 42.3 Å². The van der Waals surface area contributed by atoms with Crippen LogP contribution >= 0.6 is 11.3 Å². The first-order valence-electron chi connectivity index (χ1n) is 7.55. The minimum Gasteiger partial charge on any atom is -0.462 e. The Labute approximate surface area is 140 Å². The first-order chi connectivity index (χ1) is 11.0. The van der Waals surface area contributed by atoms with Crippen LogP contribution in [0.2, 0.25) is 0 Å². The fourth-order valence-corrected chi connectivity index (χ4v) is 3.29. The number of hydrogen-bond donors (Lipinski definition) is 2. The summed E-state index contributed by atoms with van der Waals surface area (Å²) in [6.45, 7) is 8.59. The van der Waals surface area contributed by atoms with Crippen molar-refractivity contribution >= 4 is 22.4 Å². The number of ether oxygens (including phenoxy) is 2. The normalized spacial score (nSPS) is 12.2. The molecule has 2 aromatic heterocycles. The summed E-state index contributed by atoms with van der Waals surface area (Å²) in [5.74, 6) is -0.299. The number of aryl methyl sites for hydroxylation is 1. The van der Waals surface area contributed by atoms with E-state index in [0.717, 1.165) is 27.8 Å². The lowest BCUT2D eigenvalue weighted by Crippen LogP contribution is -2.20. The van der Waals surface area contributed by atoms with Crippen molar-refractivity contribution in [2.45, 2.75) is 33.7 Å². The van der Waals surface area contributed by atoms with Gasteiger partial charge < -0.3 is 19.8 Å². The molecule has 0 aliphatic carbocycles. The highest BCUT2D eigenvalue weighted by molar-refractivity contribution is 7.14. The van der Waals surface area contributed by atoms with E-state index in [4.69, 9.17) is 9.47 Å². The number of carbonyl (C=O) groups excluding carboxylic acids is 1. The van der Waals surface area contributed by atoms with Crippen molar-refractivity contribution in [1.82, 2.24) is 9.97 Å². The standard InChI is InChI=1S/C16H23N3O3S/c1-6-22-15(20)13-10(3)14(18-11(13)4)12-8-23-16(19-12)17-9(2)7-21-5/h8-9,18H,6-7H2,1-5H3,(H,17,19)/t9-/m0/s1. The van der Waals surface area contributed by atoms with Crippen molar-refractivity contribution in [3.63, 3.8) is 0 Å². The van der Waals surface area contributed by atoms with Gasteiger partial charge in [0.15, 0.2) is 5.13 Å². The number of hydrogen-bond acceptors (Lipinski definition) is 6. The van der Waals surface area contributed by atoms with Gasteiger partial charge in [0.1, 0.15) is 5.69 Å². The summed E-state index contributed by atoms with van der Waals surface area (Å²) in [6.07, 6.45) is 0. The molecule has 0 aliphatic heterocycles. The molecule has 2 aromatic rings. The number of nitrogens with zero attached hydrogens (tertiary/aromatic N) is 1. The van der Waals surface area contributed by atoms with Gasteiger partial charge >= 0.3 is 5.97 Å². The monoisotopic (exact) mass is 337 g/mol. The lowest BCUT2D eigenvalue weighted by molar-refractivity contribution is 0.0525. The third kappa shape index (κ3) is 3.92. The van der Waals surface area contributed by atoms with Gasteiger partial charge in [-0.15, -0.1) is 11.3 Å². The maximum absolute atomic E-state index is 12.1. The molecule has 0 spiro atoms. The molecule has 0 bridgehead atoms. The molecule has 23 heavy (non-hydrogen) atoms. The van der Waals surface area contributed by atoms with Gasteiger partial charge in [0.2, 0.25) is 0 Å². The minimum atomic E-state index is -0.299. The first kappa shape index (κ1) is 17.5. The Morgan fingerprint density at radius 2 is 2.22 bits per heavy atom. The van der Waals surface area contributed by atoms with Crippen LogP contribution in [0.15, 0.2) is 5.38 Å². The molecule has 0 unspecified atom stereocenters. The fraction of sp³-hybridized carbons (Fsp3) is 0.500. The van der Waals surface area contributed by atoms with E-state index in [1.165, 1.54) is 11.3 Å². The Kier molecular flexibility index (Phi) is 5.79. The molecule has 0 fully saturated rings. The summed E-state index contributed by atoms with van der Waals surface area (Å²) in [7, 11) is 1.67. The minimum absolute atomic E-state index is 0.181. The maximum atomic E-state index is 12.1. The van der Waals surface area contributed by atoms with Crippen LogP contribution < -0.4 is 5.32 Å². The van der Waals surface area contributed by atoms with Crippen LogP contribution in [-0.2, 0) is 9.47 Å². The van der Waals surface area contributed by atoms with Crippen molar-refractivity contribution < 1.29 is 14.3 Å². The highest BCUT2D eigenvalue weighted by Crippen LogP contribution is 2.30. The summed E-state index contributed by atoms with van der Waals surface area (Å²) in [5.41, 5.74) is 3.93. The topological polar surface area (TPSA) is 76.2 Å². The number of esters is 1. The van der Waals surface area contributed by atoms with Crippen LogP contribution in [0.5, 0.6) is 0 Å². The van der Waals surface area contributed by atoms with E-state index >= 15 is 0 Å². The first-order valence-corrected chi connectivity index (χ1v) is 8.43. The number of thiazole rings is 1. The fourth-order valence-electron chi connectivity index (χ4n) is 2.47. The van der Waals surface area contributed by atoms with Crippen LogP contribution in [0.4, 0.5) is 5.13 Å². The molecule has 0 amide bonds. The number of aromatic amines is 1. The van der Waals surface area contributed by atoms with Crippen molar-refractivity contribution in [3.8, 4) is 11.4 Å². The molecule has 0 saturated carbocycles. The van der Waals surface area contributed by atoms with E-state index in [2.05, 4.69) is 15.3 Å². The molecule has 0 aromatic carbocycles. The lowest BCUT2D eigenvalue weighted by Gasteiger charge is -2.10. The van der Waals surface area contributed by atoms with Gasteiger partial charge in [0.05, 0.1) is 24.5 Å². The van der Waals surface area contributed by atoms with E-state index in [1.54, 1.807) is 14.0 Å². The van der Waals surface area contributed by atoms with Crippen LogP contribution in [0, 0.1) is 13.8 Å². The molecule has 6 nitrogen and oxygen atoms in total. The van der Waals surface area contributed by atoms with Gasteiger partial charge in [-0.2, -0.15) is 0 Å². The molecule has 126 valence electrons. The number of carbonyl (C=O) groups is 1. The third-order valence-corrected chi connectivity index (χ3v) is 4.24.